The molecule has 2 heterocycles. The summed E-state index contributed by atoms with van der Waals surface area (Å²) in [6, 6.07) is 14.7. The molecule has 0 radical (unpaired) electrons. The highest BCUT2D eigenvalue weighted by atomic mass is 19.1. The van der Waals surface area contributed by atoms with Gasteiger partial charge in [-0.15, -0.1) is 0 Å². The van der Waals surface area contributed by atoms with Gasteiger partial charge in [0.15, 0.2) is 0 Å². The van der Waals surface area contributed by atoms with Crippen molar-refractivity contribution in [2.24, 2.45) is 0 Å². The van der Waals surface area contributed by atoms with Crippen molar-refractivity contribution in [3.63, 3.8) is 0 Å². The number of pyridine rings is 1. The van der Waals surface area contributed by atoms with E-state index in [0.29, 0.717) is 22.4 Å². The van der Waals surface area contributed by atoms with Crippen LogP contribution in [0.25, 0.3) is 5.76 Å². The number of amides is 1. The van der Waals surface area contributed by atoms with Gasteiger partial charge in [0.25, 0.3) is 11.7 Å². The lowest BCUT2D eigenvalue weighted by atomic mass is 9.95. The molecule has 1 aliphatic heterocycles. The Balaban J connectivity index is 1.87. The molecule has 0 saturated carbocycles. The van der Waals surface area contributed by atoms with Gasteiger partial charge < -0.3 is 14.7 Å². The molecular weight excluding hydrogens is 399 g/mol. The predicted molar refractivity (Wildman–Crippen MR) is 111 cm³/mol. The van der Waals surface area contributed by atoms with Crippen molar-refractivity contribution in [1.29, 1.82) is 0 Å². The number of aromatic nitrogens is 1. The Morgan fingerprint density at radius 1 is 1.13 bits per heavy atom. The van der Waals surface area contributed by atoms with Crippen LogP contribution in [0, 0.1) is 5.82 Å². The molecule has 1 saturated heterocycles. The second kappa shape index (κ2) is 8.39. The van der Waals surface area contributed by atoms with Gasteiger partial charge in [-0.05, 0) is 41.5 Å². The van der Waals surface area contributed by atoms with Crippen LogP contribution in [0.4, 0.5) is 4.39 Å². The topological polar surface area (TPSA) is 79.7 Å². The number of aliphatic hydroxyl groups excluding tert-OH is 1. The van der Waals surface area contributed by atoms with Gasteiger partial charge in [-0.3, -0.25) is 14.6 Å². The van der Waals surface area contributed by atoms with Crippen LogP contribution < -0.4 is 4.74 Å². The van der Waals surface area contributed by atoms with Crippen LogP contribution >= 0.6 is 0 Å². The van der Waals surface area contributed by atoms with Gasteiger partial charge in [0, 0.05) is 24.5 Å². The third-order valence-corrected chi connectivity index (χ3v) is 5.12. The maximum absolute atomic E-state index is 14.0. The van der Waals surface area contributed by atoms with Gasteiger partial charge in [-0.1, -0.05) is 30.3 Å². The largest absolute Gasteiger partial charge is 0.507 e. The van der Waals surface area contributed by atoms with E-state index in [4.69, 9.17) is 4.74 Å². The number of hydrogen-bond acceptors (Lipinski definition) is 5. The molecular formula is C24H19FN2O4. The summed E-state index contributed by atoms with van der Waals surface area (Å²) in [5, 5.41) is 11.0. The maximum Gasteiger partial charge on any atom is 0.295 e. The summed E-state index contributed by atoms with van der Waals surface area (Å²) in [4.78, 5) is 31.3. The lowest BCUT2D eigenvalue weighted by Crippen LogP contribution is -2.29. The molecule has 4 rings (SSSR count). The molecule has 0 spiro atoms. The number of ketones is 1. The first-order chi connectivity index (χ1) is 15.0. The fraction of sp³-hybridized carbons (Fsp3) is 0.125. The zero-order valence-electron chi connectivity index (χ0n) is 16.7. The van der Waals surface area contributed by atoms with Crippen molar-refractivity contribution in [3.05, 3.63) is 101 Å². The third kappa shape index (κ3) is 3.90. The molecule has 1 aromatic heterocycles. The number of aliphatic hydroxyl groups is 1. The fourth-order valence-electron chi connectivity index (χ4n) is 3.68. The van der Waals surface area contributed by atoms with Gasteiger partial charge >= 0.3 is 0 Å². The van der Waals surface area contributed by atoms with E-state index in [2.05, 4.69) is 4.98 Å². The van der Waals surface area contributed by atoms with Gasteiger partial charge in [-0.2, -0.15) is 0 Å². The molecule has 1 fully saturated rings. The van der Waals surface area contributed by atoms with E-state index >= 15 is 0 Å². The summed E-state index contributed by atoms with van der Waals surface area (Å²) in [5.74, 6) is -1.98. The number of likely N-dealkylation sites (tertiary alicyclic amines) is 1. The number of Topliss-reactive ketones (excluding diaryl/α,β-unsaturated/α-hetero) is 1. The van der Waals surface area contributed by atoms with Crippen LogP contribution in [-0.2, 0) is 16.1 Å². The lowest BCUT2D eigenvalue weighted by Gasteiger charge is -2.25. The van der Waals surface area contributed by atoms with Crippen molar-refractivity contribution in [2.75, 3.05) is 7.11 Å². The number of carbonyl (C=O) groups excluding carboxylic acids is 2. The highest BCUT2D eigenvalue weighted by Crippen LogP contribution is 2.40. The highest BCUT2D eigenvalue weighted by Gasteiger charge is 2.46. The second-order valence-corrected chi connectivity index (χ2v) is 7.08. The quantitative estimate of drug-likeness (QED) is 0.387. The Hall–Kier alpha value is -4.00. The number of carbonyl (C=O) groups is 2. The number of hydrogen-bond donors (Lipinski definition) is 1. The minimum absolute atomic E-state index is 0.0779. The first kappa shape index (κ1) is 20.3. The summed E-state index contributed by atoms with van der Waals surface area (Å²) >= 11 is 0. The Kier molecular flexibility index (Phi) is 5.49. The number of benzene rings is 2. The van der Waals surface area contributed by atoms with Crippen LogP contribution in [-0.4, -0.2) is 33.8 Å². The van der Waals surface area contributed by atoms with Crippen molar-refractivity contribution in [1.82, 2.24) is 9.88 Å². The Bertz CT molecular complexity index is 1180. The molecule has 0 bridgehead atoms. The molecule has 31 heavy (non-hydrogen) atoms. The molecule has 156 valence electrons. The molecule has 6 nitrogen and oxygen atoms in total. The zero-order chi connectivity index (χ0) is 22.0. The van der Waals surface area contributed by atoms with Crippen LogP contribution in [0.2, 0.25) is 0 Å². The lowest BCUT2D eigenvalue weighted by molar-refractivity contribution is -0.140. The van der Waals surface area contributed by atoms with E-state index in [-0.39, 0.29) is 17.9 Å². The van der Waals surface area contributed by atoms with Gasteiger partial charge in [0.1, 0.15) is 17.3 Å². The van der Waals surface area contributed by atoms with Crippen LogP contribution in [0.5, 0.6) is 5.75 Å². The molecule has 1 N–H and O–H groups in total. The number of rotatable bonds is 5. The smallest absolute Gasteiger partial charge is 0.295 e. The fourth-order valence-corrected chi connectivity index (χ4v) is 3.68. The molecule has 0 aliphatic carbocycles. The Morgan fingerprint density at radius 3 is 2.65 bits per heavy atom. The molecule has 1 aliphatic rings. The minimum atomic E-state index is -0.956. The summed E-state index contributed by atoms with van der Waals surface area (Å²) in [5.41, 5.74) is 1.30. The maximum atomic E-state index is 14.0. The van der Waals surface area contributed by atoms with E-state index in [1.165, 1.54) is 30.2 Å². The van der Waals surface area contributed by atoms with Gasteiger partial charge in [0.05, 0.1) is 18.7 Å². The average molecular weight is 418 g/mol. The third-order valence-electron chi connectivity index (χ3n) is 5.12. The van der Waals surface area contributed by atoms with E-state index in [9.17, 15) is 19.1 Å². The highest BCUT2D eigenvalue weighted by molar-refractivity contribution is 6.46. The van der Waals surface area contributed by atoms with Crippen molar-refractivity contribution in [2.45, 2.75) is 12.6 Å². The molecule has 1 amide bonds. The van der Waals surface area contributed by atoms with Gasteiger partial charge in [0.2, 0.25) is 0 Å². The minimum Gasteiger partial charge on any atom is -0.507 e. The van der Waals surface area contributed by atoms with Crippen LogP contribution in [0.15, 0.2) is 78.6 Å². The first-order valence-corrected chi connectivity index (χ1v) is 9.57. The summed E-state index contributed by atoms with van der Waals surface area (Å²) in [6.45, 7) is 0.0779. The second-order valence-electron chi connectivity index (χ2n) is 7.08. The summed E-state index contributed by atoms with van der Waals surface area (Å²) in [7, 11) is 1.48. The normalized spacial score (nSPS) is 17.7. The van der Waals surface area contributed by atoms with Gasteiger partial charge in [-0.25, -0.2) is 4.39 Å². The van der Waals surface area contributed by atoms with E-state index in [1.807, 2.05) is 0 Å². The molecule has 2 aromatic carbocycles. The number of ether oxygens (including phenoxy) is 1. The van der Waals surface area contributed by atoms with E-state index < -0.39 is 23.5 Å². The molecule has 3 aromatic rings. The first-order valence-electron chi connectivity index (χ1n) is 9.57. The Labute approximate surface area is 178 Å². The summed E-state index contributed by atoms with van der Waals surface area (Å²) < 4.78 is 19.2. The van der Waals surface area contributed by atoms with E-state index in [1.54, 1.807) is 54.9 Å². The summed E-state index contributed by atoms with van der Waals surface area (Å²) in [6.07, 6.45) is 3.19. The molecule has 7 heteroatoms. The Morgan fingerprint density at radius 2 is 1.94 bits per heavy atom. The van der Waals surface area contributed by atoms with Crippen molar-refractivity contribution in [3.8, 4) is 5.75 Å². The molecule has 0 unspecified atom stereocenters. The standard InChI is InChI=1S/C24H19FN2O4/c1-31-19-9-3-7-17(12-19)22(28)20-21(16-6-2-8-18(25)11-16)27(24(30)23(20)29)14-15-5-4-10-26-13-15/h2-13,21,28H,14H2,1H3/b22-20+/t21-/m0/s1. The number of halogens is 1. The molecule has 1 atom stereocenters. The monoisotopic (exact) mass is 418 g/mol. The van der Waals surface area contributed by atoms with Crippen molar-refractivity contribution >= 4 is 17.4 Å². The average Bonchev–Trinajstić information content (AvgIpc) is 3.04. The number of nitrogens with zero attached hydrogens (tertiary/aromatic N) is 2. The van der Waals surface area contributed by atoms with Crippen LogP contribution in [0.3, 0.4) is 0 Å². The van der Waals surface area contributed by atoms with E-state index in [0.717, 1.165) is 0 Å². The SMILES string of the molecule is COc1cccc(/C(O)=C2\C(=O)C(=O)N(Cc3cccnc3)[C@H]2c2cccc(F)c2)c1. The van der Waals surface area contributed by atoms with Crippen molar-refractivity contribution < 1.29 is 23.8 Å². The zero-order valence-corrected chi connectivity index (χ0v) is 16.7. The van der Waals surface area contributed by atoms with Crippen LogP contribution in [0.1, 0.15) is 22.7 Å². The number of methoxy groups -OCH3 is 1. The predicted octanol–water partition coefficient (Wildman–Crippen LogP) is 3.85.